The molecule has 0 aliphatic carbocycles. The third kappa shape index (κ3) is 3.00. The predicted octanol–water partition coefficient (Wildman–Crippen LogP) is 4.23. The van der Waals surface area contributed by atoms with Crippen LogP contribution in [0.5, 0.6) is 0 Å². The molecular formula is C15H31N. The molecule has 1 saturated heterocycles. The summed E-state index contributed by atoms with van der Waals surface area (Å²) in [5.74, 6) is 0.754. The number of hydrogen-bond donors (Lipinski definition) is 1. The van der Waals surface area contributed by atoms with Crippen molar-refractivity contribution in [3.8, 4) is 0 Å². The van der Waals surface area contributed by atoms with Gasteiger partial charge in [-0.3, -0.25) is 0 Å². The second kappa shape index (κ2) is 4.01. The van der Waals surface area contributed by atoms with Crippen molar-refractivity contribution in [3.63, 3.8) is 0 Å². The van der Waals surface area contributed by atoms with Crippen molar-refractivity contribution in [3.05, 3.63) is 0 Å². The molecule has 16 heavy (non-hydrogen) atoms. The van der Waals surface area contributed by atoms with Crippen LogP contribution in [0.3, 0.4) is 0 Å². The van der Waals surface area contributed by atoms with Gasteiger partial charge in [0.25, 0.3) is 0 Å². The van der Waals surface area contributed by atoms with Gasteiger partial charge in [0.05, 0.1) is 0 Å². The zero-order valence-electron chi connectivity index (χ0n) is 12.6. The van der Waals surface area contributed by atoms with Gasteiger partial charge in [-0.15, -0.1) is 0 Å². The molecule has 0 aromatic rings. The number of nitrogens with one attached hydrogen (secondary N) is 1. The molecule has 1 heteroatoms. The molecule has 1 nitrogen and oxygen atoms in total. The van der Waals surface area contributed by atoms with Crippen LogP contribution in [0.2, 0.25) is 0 Å². The molecule has 0 saturated carbocycles. The van der Waals surface area contributed by atoms with Gasteiger partial charge in [-0.05, 0) is 50.4 Å². The van der Waals surface area contributed by atoms with E-state index in [2.05, 4.69) is 60.7 Å². The maximum atomic E-state index is 3.79. The normalized spacial score (nSPS) is 37.5. The lowest BCUT2D eigenvalue weighted by atomic mass is 9.59. The van der Waals surface area contributed by atoms with Gasteiger partial charge in [-0.2, -0.15) is 0 Å². The van der Waals surface area contributed by atoms with Crippen molar-refractivity contribution in [2.75, 3.05) is 0 Å². The highest BCUT2D eigenvalue weighted by Crippen LogP contribution is 2.48. The van der Waals surface area contributed by atoms with Gasteiger partial charge >= 0.3 is 0 Å². The number of rotatable bonds is 0. The van der Waals surface area contributed by atoms with Crippen LogP contribution in [-0.4, -0.2) is 11.6 Å². The van der Waals surface area contributed by atoms with Crippen LogP contribution in [0.15, 0.2) is 0 Å². The lowest BCUT2D eigenvalue weighted by molar-refractivity contribution is 0.0195. The van der Waals surface area contributed by atoms with Crippen LogP contribution in [-0.2, 0) is 0 Å². The fraction of sp³-hybridized carbons (Fsp3) is 1.00. The Morgan fingerprint density at radius 3 is 1.88 bits per heavy atom. The van der Waals surface area contributed by atoms with Gasteiger partial charge in [0.1, 0.15) is 0 Å². The van der Waals surface area contributed by atoms with Crippen molar-refractivity contribution < 1.29 is 0 Å². The average molecular weight is 225 g/mol. The van der Waals surface area contributed by atoms with Crippen molar-refractivity contribution >= 4 is 0 Å². The highest BCUT2D eigenvalue weighted by atomic mass is 15.0. The molecule has 0 bridgehead atoms. The summed E-state index contributed by atoms with van der Waals surface area (Å²) in [6.07, 6.45) is 2.51. The van der Waals surface area contributed by atoms with E-state index in [1.807, 2.05) is 0 Å². The van der Waals surface area contributed by atoms with E-state index in [0.29, 0.717) is 16.9 Å². The van der Waals surface area contributed by atoms with Crippen LogP contribution in [0.1, 0.15) is 68.2 Å². The summed E-state index contributed by atoms with van der Waals surface area (Å²) in [6.45, 7) is 19.2. The fourth-order valence-corrected chi connectivity index (χ4v) is 4.08. The molecular weight excluding hydrogens is 194 g/mol. The van der Waals surface area contributed by atoms with Crippen molar-refractivity contribution in [2.45, 2.75) is 79.8 Å². The molecule has 1 N–H and O–H groups in total. The first kappa shape index (κ1) is 14.0. The molecule has 96 valence electrons. The minimum Gasteiger partial charge on any atom is -0.309 e. The van der Waals surface area contributed by atoms with Gasteiger partial charge in [0.2, 0.25) is 0 Å². The smallest absolute Gasteiger partial charge is 0.0132 e. The van der Waals surface area contributed by atoms with Crippen LogP contribution >= 0.6 is 0 Å². The SMILES string of the molecule is CC1CC(C)(C)C(C)C(C)(C)CC(C)(C)N1. The first-order valence-corrected chi connectivity index (χ1v) is 6.74. The zero-order valence-corrected chi connectivity index (χ0v) is 12.6. The third-order valence-electron chi connectivity index (χ3n) is 4.71. The zero-order chi connectivity index (χ0) is 12.8. The molecule has 0 radical (unpaired) electrons. The van der Waals surface area contributed by atoms with Crippen molar-refractivity contribution in [1.29, 1.82) is 0 Å². The minimum atomic E-state index is 0.258. The van der Waals surface area contributed by atoms with Crippen LogP contribution in [0, 0.1) is 16.7 Å². The highest BCUT2D eigenvalue weighted by molar-refractivity contribution is 4.97. The summed E-state index contributed by atoms with van der Waals surface area (Å²) in [5.41, 5.74) is 1.08. The first-order chi connectivity index (χ1) is 6.96. The van der Waals surface area contributed by atoms with Gasteiger partial charge in [0, 0.05) is 11.6 Å². The van der Waals surface area contributed by atoms with Gasteiger partial charge in [-0.25, -0.2) is 0 Å². The second-order valence-corrected chi connectivity index (χ2v) is 8.01. The number of hydrogen-bond acceptors (Lipinski definition) is 1. The summed E-state index contributed by atoms with van der Waals surface area (Å²) < 4.78 is 0. The topological polar surface area (TPSA) is 12.0 Å². The molecule has 0 aromatic carbocycles. The molecule has 2 atom stereocenters. The molecule has 0 amide bonds. The molecule has 1 rings (SSSR count). The molecule has 1 fully saturated rings. The van der Waals surface area contributed by atoms with Gasteiger partial charge in [0.15, 0.2) is 0 Å². The first-order valence-electron chi connectivity index (χ1n) is 6.74. The Bertz CT molecular complexity index is 250. The molecule has 0 aromatic heterocycles. The largest absolute Gasteiger partial charge is 0.309 e. The fourth-order valence-electron chi connectivity index (χ4n) is 4.08. The lowest BCUT2D eigenvalue weighted by Crippen LogP contribution is -2.54. The van der Waals surface area contributed by atoms with Gasteiger partial charge < -0.3 is 5.32 Å². The van der Waals surface area contributed by atoms with E-state index in [1.54, 1.807) is 0 Å². The van der Waals surface area contributed by atoms with Crippen molar-refractivity contribution in [1.82, 2.24) is 5.32 Å². The monoisotopic (exact) mass is 225 g/mol. The van der Waals surface area contributed by atoms with E-state index in [-0.39, 0.29) is 5.54 Å². The molecule has 0 spiro atoms. The Morgan fingerprint density at radius 1 is 0.875 bits per heavy atom. The summed E-state index contributed by atoms with van der Waals surface area (Å²) in [7, 11) is 0. The molecule has 2 unspecified atom stereocenters. The van der Waals surface area contributed by atoms with Gasteiger partial charge in [-0.1, -0.05) is 34.6 Å². The Hall–Kier alpha value is -0.0400. The molecule has 1 aliphatic rings. The highest BCUT2D eigenvalue weighted by Gasteiger charge is 2.43. The summed E-state index contributed by atoms with van der Waals surface area (Å²) >= 11 is 0. The average Bonchev–Trinajstić information content (AvgIpc) is 1.96. The second-order valence-electron chi connectivity index (χ2n) is 8.01. The minimum absolute atomic E-state index is 0.258. The lowest BCUT2D eigenvalue weighted by Gasteiger charge is -2.51. The Balaban J connectivity index is 3.01. The standard InChI is InChI=1S/C15H31N/c1-11-9-13(3,4)12(2)14(5,6)10-15(7,8)16-11/h11-12,16H,9-10H2,1-8H3. The van der Waals surface area contributed by atoms with E-state index in [4.69, 9.17) is 0 Å². The van der Waals surface area contributed by atoms with E-state index in [0.717, 1.165) is 5.92 Å². The Kier molecular flexibility index (Phi) is 3.52. The third-order valence-corrected chi connectivity index (χ3v) is 4.71. The van der Waals surface area contributed by atoms with Crippen LogP contribution < -0.4 is 5.32 Å². The Morgan fingerprint density at radius 2 is 1.38 bits per heavy atom. The van der Waals surface area contributed by atoms with E-state index < -0.39 is 0 Å². The van der Waals surface area contributed by atoms with Crippen molar-refractivity contribution in [2.24, 2.45) is 16.7 Å². The molecule has 1 heterocycles. The van der Waals surface area contributed by atoms with Crippen LogP contribution in [0.25, 0.3) is 0 Å². The van der Waals surface area contributed by atoms with E-state index >= 15 is 0 Å². The van der Waals surface area contributed by atoms with E-state index in [9.17, 15) is 0 Å². The predicted molar refractivity (Wildman–Crippen MR) is 72.6 cm³/mol. The maximum Gasteiger partial charge on any atom is 0.0132 e. The van der Waals surface area contributed by atoms with E-state index in [1.165, 1.54) is 12.8 Å². The summed E-state index contributed by atoms with van der Waals surface area (Å²) in [5, 5.41) is 3.79. The summed E-state index contributed by atoms with van der Waals surface area (Å²) in [4.78, 5) is 0. The summed E-state index contributed by atoms with van der Waals surface area (Å²) in [6, 6.07) is 0.614. The quantitative estimate of drug-likeness (QED) is 0.650. The van der Waals surface area contributed by atoms with Crippen LogP contribution in [0.4, 0.5) is 0 Å². The Labute approximate surface area is 102 Å². The maximum absolute atomic E-state index is 3.79. The molecule has 1 aliphatic heterocycles.